The Hall–Kier alpha value is -6.79. The third-order valence-electron chi connectivity index (χ3n) is 11.8. The summed E-state index contributed by atoms with van der Waals surface area (Å²) in [7, 11) is -4.25. The summed E-state index contributed by atoms with van der Waals surface area (Å²) in [4.78, 5) is 37.1. The first-order chi connectivity index (χ1) is 30.4. The Morgan fingerprint density at radius 3 is 1.42 bits per heavy atom. The van der Waals surface area contributed by atoms with Crippen molar-refractivity contribution >= 4 is 54.3 Å². The number of aryl methyl sites for hydroxylation is 1. The van der Waals surface area contributed by atoms with Gasteiger partial charge in [-0.15, -0.1) is 0 Å². The quantitative estimate of drug-likeness (QED) is 0.0805. The summed E-state index contributed by atoms with van der Waals surface area (Å²) in [6.07, 6.45) is 13.6. The lowest BCUT2D eigenvalue weighted by Gasteiger charge is -2.09. The molecule has 3 aromatic heterocycles. The van der Waals surface area contributed by atoms with E-state index >= 15 is 0 Å². The van der Waals surface area contributed by atoms with Gasteiger partial charge in [-0.2, -0.15) is 8.42 Å². The van der Waals surface area contributed by atoms with Crippen molar-refractivity contribution in [3.63, 3.8) is 0 Å². The first-order valence-electron chi connectivity index (χ1n) is 21.7. The van der Waals surface area contributed by atoms with E-state index in [9.17, 15) is 8.42 Å². The largest absolute Gasteiger partial charge is 0.378 e. The van der Waals surface area contributed by atoms with Gasteiger partial charge < -0.3 is 14.2 Å². The normalized spacial score (nSPS) is 12.1. The van der Waals surface area contributed by atoms with Crippen molar-refractivity contribution in [2.45, 2.75) is 82.4 Å². The van der Waals surface area contributed by atoms with E-state index in [0.29, 0.717) is 56.7 Å². The molecule has 0 unspecified atom stereocenters. The van der Waals surface area contributed by atoms with Crippen molar-refractivity contribution in [2.24, 2.45) is 0 Å². The number of hydrogen-bond donors (Lipinski definition) is 2. The molecular formula is C50H46N8O3S. The van der Waals surface area contributed by atoms with E-state index in [0.717, 1.165) is 51.4 Å². The number of hydrogen-bond acceptors (Lipinski definition) is 9. The van der Waals surface area contributed by atoms with Crippen LogP contribution in [0.15, 0.2) is 120 Å². The highest BCUT2D eigenvalue weighted by Gasteiger charge is 2.24. The van der Waals surface area contributed by atoms with Gasteiger partial charge in [-0.05, 0) is 36.6 Å². The van der Waals surface area contributed by atoms with Gasteiger partial charge >= 0.3 is 10.1 Å². The zero-order chi connectivity index (χ0) is 42.0. The lowest BCUT2D eigenvalue weighted by Crippen LogP contribution is -2.10. The standard InChI is InChI=1S/C50H46N8O3S/c1-2-3-4-5-6-7-8-9-10-11-19-32-28-30-33(31-29-32)62(59,60)61-41-27-18-26-40-42(41)50-57-48-39-25-17-16-24-38(39)46(55-48)53-44-35-21-13-12-20-34(35)43(51-44)52-45-36-22-14-15-23-37(36)47(54-45)56-49(40)58-50/h12-18,20-31H,2-11,19H2,1H3,(H2,51,52,53,54,55,56,57,58). The van der Waals surface area contributed by atoms with Crippen LogP contribution in [0.25, 0.3) is 89.7 Å². The van der Waals surface area contributed by atoms with Gasteiger partial charge in [0.25, 0.3) is 0 Å². The third-order valence-corrected chi connectivity index (χ3v) is 13.0. The SMILES string of the molecule is CCCCCCCCCCCCc1ccc(S(=O)(=O)Oc2cccc3c4nc5nc(nc6[nH]c(nc7nc(nc([nH]4)c23)-c2ccccc2-7)c2ccccc62)-c2ccccc2-5)cc1. The fourth-order valence-electron chi connectivity index (χ4n) is 8.53. The number of rotatable bonds is 14. The fraction of sp³-hybridized carbons (Fsp3) is 0.240. The van der Waals surface area contributed by atoms with Crippen molar-refractivity contribution in [3.8, 4) is 51.3 Å². The minimum atomic E-state index is -4.25. The monoisotopic (exact) mass is 838 g/mol. The van der Waals surface area contributed by atoms with Crippen LogP contribution in [0, 0.1) is 0 Å². The maximum absolute atomic E-state index is 14.0. The van der Waals surface area contributed by atoms with Crippen molar-refractivity contribution < 1.29 is 12.6 Å². The molecule has 5 heterocycles. The molecular weight excluding hydrogens is 793 g/mol. The Kier molecular flexibility index (Phi) is 10.7. The van der Waals surface area contributed by atoms with E-state index in [2.05, 4.69) is 16.9 Å². The molecule has 5 aromatic carbocycles. The molecule has 8 bridgehead atoms. The summed E-state index contributed by atoms with van der Waals surface area (Å²) in [5.74, 6) is 1.91. The Bertz CT molecular complexity index is 3240. The Morgan fingerprint density at radius 1 is 0.452 bits per heavy atom. The van der Waals surface area contributed by atoms with Crippen LogP contribution in [-0.4, -0.2) is 48.3 Å². The topological polar surface area (TPSA) is 152 Å². The average molecular weight is 839 g/mol. The molecule has 2 N–H and O–H groups in total. The molecule has 10 rings (SSSR count). The third kappa shape index (κ3) is 7.70. The van der Waals surface area contributed by atoms with Gasteiger partial charge in [-0.1, -0.05) is 162 Å². The van der Waals surface area contributed by atoms with Crippen LogP contribution in [0.5, 0.6) is 5.75 Å². The van der Waals surface area contributed by atoms with E-state index in [1.165, 1.54) is 57.8 Å². The van der Waals surface area contributed by atoms with Gasteiger partial charge in [-0.25, -0.2) is 29.9 Å². The molecule has 62 heavy (non-hydrogen) atoms. The van der Waals surface area contributed by atoms with E-state index in [-0.39, 0.29) is 10.6 Å². The molecule has 0 saturated heterocycles. The molecule has 0 spiro atoms. The minimum Gasteiger partial charge on any atom is -0.378 e. The van der Waals surface area contributed by atoms with Crippen molar-refractivity contribution in [1.29, 1.82) is 0 Å². The summed E-state index contributed by atoms with van der Waals surface area (Å²) < 4.78 is 34.0. The number of unbranched alkanes of at least 4 members (excludes halogenated alkanes) is 9. The first-order valence-corrected chi connectivity index (χ1v) is 23.1. The highest BCUT2D eigenvalue weighted by Crippen LogP contribution is 2.39. The van der Waals surface area contributed by atoms with Crippen LogP contribution >= 0.6 is 0 Å². The summed E-state index contributed by atoms with van der Waals surface area (Å²) >= 11 is 0. The fourth-order valence-corrected chi connectivity index (χ4v) is 9.47. The number of nitrogens with one attached hydrogen (secondary N) is 2. The first kappa shape index (κ1) is 39.4. The van der Waals surface area contributed by atoms with Gasteiger partial charge in [0.2, 0.25) is 0 Å². The van der Waals surface area contributed by atoms with E-state index in [4.69, 9.17) is 34.1 Å². The lowest BCUT2D eigenvalue weighted by molar-refractivity contribution is 0.489. The number of aromatic nitrogens is 8. The summed E-state index contributed by atoms with van der Waals surface area (Å²) in [5.41, 5.74) is 6.27. The molecule has 0 amide bonds. The van der Waals surface area contributed by atoms with Crippen molar-refractivity contribution in [2.75, 3.05) is 0 Å². The van der Waals surface area contributed by atoms with E-state index < -0.39 is 10.1 Å². The number of fused-ring (bicyclic) bond motifs is 20. The van der Waals surface area contributed by atoms with Gasteiger partial charge in [0, 0.05) is 38.4 Å². The van der Waals surface area contributed by atoms with Crippen LogP contribution in [0.1, 0.15) is 76.7 Å². The highest BCUT2D eigenvalue weighted by molar-refractivity contribution is 7.87. The molecule has 0 fully saturated rings. The Balaban J connectivity index is 1.04. The van der Waals surface area contributed by atoms with Crippen LogP contribution in [0.2, 0.25) is 0 Å². The summed E-state index contributed by atoms with van der Waals surface area (Å²) in [6, 6.07) is 35.8. The number of benzene rings is 5. The average Bonchev–Trinajstić information content (AvgIpc) is 4.03. The second-order valence-electron chi connectivity index (χ2n) is 16.0. The number of nitrogens with zero attached hydrogens (tertiary/aromatic N) is 6. The van der Waals surface area contributed by atoms with Crippen LogP contribution in [0.3, 0.4) is 0 Å². The summed E-state index contributed by atoms with van der Waals surface area (Å²) in [6.45, 7) is 2.25. The summed E-state index contributed by atoms with van der Waals surface area (Å²) in [5, 5.41) is 2.80. The molecule has 0 saturated carbocycles. The maximum Gasteiger partial charge on any atom is 0.339 e. The zero-order valence-electron chi connectivity index (χ0n) is 34.6. The molecule has 0 aliphatic carbocycles. The minimum absolute atomic E-state index is 0.0734. The van der Waals surface area contributed by atoms with E-state index in [1.54, 1.807) is 24.3 Å². The lowest BCUT2D eigenvalue weighted by atomic mass is 10.0. The molecule has 2 aliphatic rings. The predicted molar refractivity (Wildman–Crippen MR) is 246 cm³/mol. The number of H-pyrrole nitrogens is 2. The van der Waals surface area contributed by atoms with Gasteiger partial charge in [0.1, 0.15) is 27.5 Å². The Labute approximate surface area is 359 Å². The second kappa shape index (κ2) is 16.9. The molecule has 12 heteroatoms. The molecule has 0 atom stereocenters. The van der Waals surface area contributed by atoms with Gasteiger partial charge in [0.15, 0.2) is 29.0 Å². The molecule has 8 aromatic rings. The molecule has 11 nitrogen and oxygen atoms in total. The van der Waals surface area contributed by atoms with Crippen molar-refractivity contribution in [1.82, 2.24) is 39.9 Å². The van der Waals surface area contributed by atoms with E-state index in [1.807, 2.05) is 91.0 Å². The molecule has 310 valence electrons. The predicted octanol–water partition coefficient (Wildman–Crippen LogP) is 12.1. The second-order valence-corrected chi connectivity index (χ2v) is 17.6. The Morgan fingerprint density at radius 2 is 0.887 bits per heavy atom. The van der Waals surface area contributed by atoms with Crippen molar-refractivity contribution in [3.05, 3.63) is 121 Å². The van der Waals surface area contributed by atoms with Crippen LogP contribution in [-0.2, 0) is 16.5 Å². The smallest absolute Gasteiger partial charge is 0.339 e. The zero-order valence-corrected chi connectivity index (χ0v) is 35.4. The van der Waals surface area contributed by atoms with Gasteiger partial charge in [0.05, 0.1) is 5.39 Å². The molecule has 2 aliphatic heterocycles. The molecule has 0 radical (unpaired) electrons. The van der Waals surface area contributed by atoms with Crippen LogP contribution in [0.4, 0.5) is 0 Å². The van der Waals surface area contributed by atoms with Gasteiger partial charge in [-0.3, -0.25) is 0 Å². The number of aromatic amines is 2. The maximum atomic E-state index is 14.0. The highest BCUT2D eigenvalue weighted by atomic mass is 32.2. The van der Waals surface area contributed by atoms with Crippen LogP contribution < -0.4 is 4.18 Å².